The maximum atomic E-state index is 10.4. The number of β-amino-alcohol motifs (C(OH)–C–C–N with tert-alkyl or cyclic N) is 1. The first-order chi connectivity index (χ1) is 11.8. The number of pyridine rings is 1. The van der Waals surface area contributed by atoms with Crippen LogP contribution < -0.4 is 4.90 Å². The Hall–Kier alpha value is -2.31. The van der Waals surface area contributed by atoms with Crippen LogP contribution >= 0.6 is 11.3 Å². The van der Waals surface area contributed by atoms with E-state index in [1.165, 1.54) is 5.56 Å². The third-order valence-corrected chi connectivity index (χ3v) is 5.39. The van der Waals surface area contributed by atoms with E-state index in [1.807, 2.05) is 42.5 Å². The number of benzene rings is 1. The molecule has 4 rings (SSSR count). The van der Waals surface area contributed by atoms with Crippen molar-refractivity contribution in [3.05, 3.63) is 60.4 Å². The van der Waals surface area contributed by atoms with Crippen LogP contribution in [-0.4, -0.2) is 39.5 Å². The molecule has 0 spiro atoms. The Morgan fingerprint density at radius 3 is 2.62 bits per heavy atom. The normalized spacial score (nSPS) is 20.5. The molecular formula is C18H18N4OS. The molecule has 1 fully saturated rings. The second-order valence-electron chi connectivity index (χ2n) is 6.05. The molecule has 0 aliphatic carbocycles. The third kappa shape index (κ3) is 3.16. The van der Waals surface area contributed by atoms with Gasteiger partial charge < -0.3 is 10.0 Å². The van der Waals surface area contributed by atoms with Crippen LogP contribution in [0, 0.1) is 5.92 Å². The minimum atomic E-state index is -0.345. The Kier molecular flexibility index (Phi) is 4.23. The minimum Gasteiger partial charge on any atom is -0.391 e. The first-order valence-electron chi connectivity index (χ1n) is 8.00. The molecule has 2 atom stereocenters. The molecule has 24 heavy (non-hydrogen) atoms. The van der Waals surface area contributed by atoms with Crippen molar-refractivity contribution in [3.8, 4) is 10.6 Å². The summed E-state index contributed by atoms with van der Waals surface area (Å²) in [5, 5.41) is 20.8. The zero-order chi connectivity index (χ0) is 16.4. The molecule has 1 saturated heterocycles. The molecule has 0 radical (unpaired) electrons. The molecule has 0 amide bonds. The number of nitrogens with zero attached hydrogens (tertiary/aromatic N) is 4. The van der Waals surface area contributed by atoms with Crippen LogP contribution in [0.15, 0.2) is 54.9 Å². The molecule has 3 heterocycles. The maximum absolute atomic E-state index is 10.4. The molecule has 1 aromatic carbocycles. The largest absolute Gasteiger partial charge is 0.391 e. The van der Waals surface area contributed by atoms with E-state index < -0.39 is 0 Å². The van der Waals surface area contributed by atoms with Gasteiger partial charge in [-0.3, -0.25) is 4.98 Å². The van der Waals surface area contributed by atoms with E-state index in [4.69, 9.17) is 0 Å². The molecule has 1 N–H and O–H groups in total. The van der Waals surface area contributed by atoms with Gasteiger partial charge in [-0.15, -0.1) is 10.2 Å². The van der Waals surface area contributed by atoms with Crippen LogP contribution in [0.25, 0.3) is 10.6 Å². The highest BCUT2D eigenvalue weighted by atomic mass is 32.1. The summed E-state index contributed by atoms with van der Waals surface area (Å²) >= 11 is 1.58. The van der Waals surface area contributed by atoms with Gasteiger partial charge in [0.25, 0.3) is 0 Å². The molecular weight excluding hydrogens is 320 g/mol. The first kappa shape index (κ1) is 15.2. The second kappa shape index (κ2) is 6.67. The lowest BCUT2D eigenvalue weighted by Crippen LogP contribution is -2.20. The summed E-state index contributed by atoms with van der Waals surface area (Å²) in [7, 11) is 0. The predicted octanol–water partition coefficient (Wildman–Crippen LogP) is 2.64. The monoisotopic (exact) mass is 338 g/mol. The number of aromatic nitrogens is 3. The van der Waals surface area contributed by atoms with E-state index >= 15 is 0 Å². The van der Waals surface area contributed by atoms with Crippen molar-refractivity contribution in [1.82, 2.24) is 15.2 Å². The van der Waals surface area contributed by atoms with E-state index in [1.54, 1.807) is 23.7 Å². The van der Waals surface area contributed by atoms with Crippen molar-refractivity contribution in [2.24, 2.45) is 5.92 Å². The van der Waals surface area contributed by atoms with E-state index in [2.05, 4.69) is 20.1 Å². The average molecular weight is 338 g/mol. The summed E-state index contributed by atoms with van der Waals surface area (Å²) in [6, 6.07) is 14.1. The van der Waals surface area contributed by atoms with Crippen molar-refractivity contribution < 1.29 is 5.11 Å². The third-order valence-electron chi connectivity index (χ3n) is 4.36. The molecule has 122 valence electrons. The molecule has 0 unspecified atom stereocenters. The molecule has 6 heteroatoms. The Bertz CT molecular complexity index is 793. The van der Waals surface area contributed by atoms with Crippen LogP contribution in [0.4, 0.5) is 5.13 Å². The fraction of sp³-hybridized carbons (Fsp3) is 0.278. The highest BCUT2D eigenvalue weighted by molar-refractivity contribution is 7.18. The fourth-order valence-corrected chi connectivity index (χ4v) is 3.94. The van der Waals surface area contributed by atoms with Crippen LogP contribution in [0.1, 0.15) is 5.56 Å². The van der Waals surface area contributed by atoms with Gasteiger partial charge in [0.15, 0.2) is 0 Å². The maximum Gasteiger partial charge on any atom is 0.208 e. The minimum absolute atomic E-state index is 0.205. The molecule has 3 aromatic rings. The van der Waals surface area contributed by atoms with E-state index in [-0.39, 0.29) is 12.0 Å². The van der Waals surface area contributed by atoms with Crippen LogP contribution in [0.5, 0.6) is 0 Å². The number of hydrogen-bond acceptors (Lipinski definition) is 6. The Labute approximate surface area is 144 Å². The summed E-state index contributed by atoms with van der Waals surface area (Å²) in [5.74, 6) is 0.205. The summed E-state index contributed by atoms with van der Waals surface area (Å²) in [6.07, 6.45) is 4.10. The molecule has 5 nitrogen and oxygen atoms in total. The summed E-state index contributed by atoms with van der Waals surface area (Å²) in [5.41, 5.74) is 2.28. The lowest BCUT2D eigenvalue weighted by Gasteiger charge is -2.13. The van der Waals surface area contributed by atoms with Gasteiger partial charge in [-0.25, -0.2) is 0 Å². The number of rotatable bonds is 4. The number of hydrogen-bond donors (Lipinski definition) is 1. The first-order valence-corrected chi connectivity index (χ1v) is 8.82. The SMILES string of the molecule is O[C@H]1CN(c2nnc(-c3ccccc3)s2)C[C@H]1Cc1ccncc1. The van der Waals surface area contributed by atoms with Crippen molar-refractivity contribution in [1.29, 1.82) is 0 Å². The molecule has 0 saturated carbocycles. The lowest BCUT2D eigenvalue weighted by atomic mass is 9.97. The summed E-state index contributed by atoms with van der Waals surface area (Å²) in [6.45, 7) is 1.41. The predicted molar refractivity (Wildman–Crippen MR) is 95.0 cm³/mol. The van der Waals surface area contributed by atoms with Gasteiger partial charge in [-0.05, 0) is 24.1 Å². The van der Waals surface area contributed by atoms with Gasteiger partial charge in [0, 0.05) is 37.0 Å². The number of aliphatic hydroxyl groups is 1. The molecule has 1 aliphatic heterocycles. The number of anilines is 1. The molecule has 1 aliphatic rings. The van der Waals surface area contributed by atoms with E-state index in [0.29, 0.717) is 6.54 Å². The van der Waals surface area contributed by atoms with Gasteiger partial charge in [0.05, 0.1) is 6.10 Å². The van der Waals surface area contributed by atoms with Gasteiger partial charge >= 0.3 is 0 Å². The molecule has 0 bridgehead atoms. The van der Waals surface area contributed by atoms with E-state index in [9.17, 15) is 5.11 Å². The van der Waals surface area contributed by atoms with Crippen molar-refractivity contribution >= 4 is 16.5 Å². The topological polar surface area (TPSA) is 62.1 Å². The zero-order valence-electron chi connectivity index (χ0n) is 13.1. The van der Waals surface area contributed by atoms with Crippen molar-refractivity contribution in [2.75, 3.05) is 18.0 Å². The van der Waals surface area contributed by atoms with Crippen LogP contribution in [0.3, 0.4) is 0 Å². The van der Waals surface area contributed by atoms with Crippen molar-refractivity contribution in [3.63, 3.8) is 0 Å². The average Bonchev–Trinajstić information content (AvgIpc) is 3.24. The highest BCUT2D eigenvalue weighted by Crippen LogP contribution is 2.32. The number of aliphatic hydroxyl groups excluding tert-OH is 1. The smallest absolute Gasteiger partial charge is 0.208 e. The Morgan fingerprint density at radius 2 is 1.83 bits per heavy atom. The van der Waals surface area contributed by atoms with Crippen LogP contribution in [-0.2, 0) is 6.42 Å². The zero-order valence-corrected chi connectivity index (χ0v) is 13.9. The lowest BCUT2D eigenvalue weighted by molar-refractivity contribution is 0.148. The summed E-state index contributed by atoms with van der Waals surface area (Å²) < 4.78 is 0. The fourth-order valence-electron chi connectivity index (χ4n) is 3.07. The van der Waals surface area contributed by atoms with Crippen molar-refractivity contribution in [2.45, 2.75) is 12.5 Å². The van der Waals surface area contributed by atoms with E-state index in [0.717, 1.165) is 28.7 Å². The van der Waals surface area contributed by atoms with Gasteiger partial charge in [-0.1, -0.05) is 41.7 Å². The standard InChI is InChI=1S/C18H18N4OS/c23-16-12-22(11-15(16)10-13-6-8-19-9-7-13)18-21-20-17(24-18)14-4-2-1-3-5-14/h1-9,15-16,23H,10-12H2/t15-,16+/m1/s1. The van der Waals surface area contributed by atoms with Gasteiger partial charge in [-0.2, -0.15) is 0 Å². The quantitative estimate of drug-likeness (QED) is 0.792. The highest BCUT2D eigenvalue weighted by Gasteiger charge is 2.33. The molecule has 2 aromatic heterocycles. The Balaban J connectivity index is 1.47. The van der Waals surface area contributed by atoms with Crippen LogP contribution in [0.2, 0.25) is 0 Å². The summed E-state index contributed by atoms with van der Waals surface area (Å²) in [4.78, 5) is 6.18. The van der Waals surface area contributed by atoms with Gasteiger partial charge in [0.1, 0.15) is 5.01 Å². The van der Waals surface area contributed by atoms with Gasteiger partial charge in [0.2, 0.25) is 5.13 Å². The second-order valence-corrected chi connectivity index (χ2v) is 7.00. The Morgan fingerprint density at radius 1 is 1.04 bits per heavy atom.